The van der Waals surface area contributed by atoms with Gasteiger partial charge in [0.15, 0.2) is 0 Å². The van der Waals surface area contributed by atoms with Gasteiger partial charge in [0.05, 0.1) is 6.42 Å². The normalized spacial score (nSPS) is 10.3. The van der Waals surface area contributed by atoms with Crippen molar-refractivity contribution in [1.82, 2.24) is 0 Å². The van der Waals surface area contributed by atoms with Crippen molar-refractivity contribution in [1.29, 1.82) is 0 Å². The lowest BCUT2D eigenvalue weighted by atomic mass is 10.2. The Labute approximate surface area is 140 Å². The maximum Gasteiger partial charge on any atom is 0.229 e. The summed E-state index contributed by atoms with van der Waals surface area (Å²) < 4.78 is 0. The molecular weight excluding hydrogens is 304 g/mol. The topological polar surface area (TPSA) is 41.1 Å². The van der Waals surface area contributed by atoms with Crippen molar-refractivity contribution in [3.05, 3.63) is 76.5 Å². The first-order chi connectivity index (χ1) is 11.2. The standard InChI is InChI=1S/C19H18N2OS/c1-14-4-2-5-17(12-14)20-15-7-9-16(10-8-15)21-19(22)13-18-6-3-11-23-18/h2-12,20H,13H2,1H3,(H,21,22). The van der Waals surface area contributed by atoms with E-state index in [2.05, 4.69) is 29.7 Å². The summed E-state index contributed by atoms with van der Waals surface area (Å²) in [5, 5.41) is 8.25. The lowest BCUT2D eigenvalue weighted by molar-refractivity contribution is -0.115. The molecule has 3 aromatic rings. The summed E-state index contributed by atoms with van der Waals surface area (Å²) in [6, 6.07) is 19.9. The van der Waals surface area contributed by atoms with Crippen LogP contribution in [-0.4, -0.2) is 5.91 Å². The Morgan fingerprint density at radius 3 is 2.43 bits per heavy atom. The molecule has 0 aliphatic carbocycles. The van der Waals surface area contributed by atoms with Crippen molar-refractivity contribution in [2.75, 3.05) is 10.6 Å². The molecule has 0 saturated carbocycles. The lowest BCUT2D eigenvalue weighted by Gasteiger charge is -2.09. The maximum atomic E-state index is 12.0. The highest BCUT2D eigenvalue weighted by molar-refractivity contribution is 7.10. The second kappa shape index (κ2) is 7.11. The molecule has 0 bridgehead atoms. The number of carbonyl (C=O) groups excluding carboxylic acids is 1. The van der Waals surface area contributed by atoms with Crippen molar-refractivity contribution < 1.29 is 4.79 Å². The van der Waals surface area contributed by atoms with Crippen molar-refractivity contribution >= 4 is 34.3 Å². The van der Waals surface area contributed by atoms with E-state index in [-0.39, 0.29) is 5.91 Å². The molecule has 0 radical (unpaired) electrons. The Kier molecular flexibility index (Phi) is 4.74. The summed E-state index contributed by atoms with van der Waals surface area (Å²) in [6.45, 7) is 2.07. The SMILES string of the molecule is Cc1cccc(Nc2ccc(NC(=O)Cc3cccs3)cc2)c1. The Balaban J connectivity index is 1.59. The number of hydrogen-bond acceptors (Lipinski definition) is 3. The first kappa shape index (κ1) is 15.3. The number of nitrogens with one attached hydrogen (secondary N) is 2. The second-order valence-corrected chi connectivity index (χ2v) is 6.41. The fraction of sp³-hybridized carbons (Fsp3) is 0.105. The zero-order valence-electron chi connectivity index (χ0n) is 12.9. The number of rotatable bonds is 5. The van der Waals surface area contributed by atoms with E-state index in [1.165, 1.54) is 5.56 Å². The fourth-order valence-corrected chi connectivity index (χ4v) is 3.01. The second-order valence-electron chi connectivity index (χ2n) is 5.38. The van der Waals surface area contributed by atoms with Crippen LogP contribution in [0.4, 0.5) is 17.1 Å². The van der Waals surface area contributed by atoms with E-state index in [1.807, 2.05) is 53.9 Å². The highest BCUT2D eigenvalue weighted by atomic mass is 32.1. The molecule has 0 fully saturated rings. The molecule has 0 atom stereocenters. The van der Waals surface area contributed by atoms with E-state index >= 15 is 0 Å². The van der Waals surface area contributed by atoms with Gasteiger partial charge in [-0.25, -0.2) is 0 Å². The maximum absolute atomic E-state index is 12.0. The van der Waals surface area contributed by atoms with Crippen LogP contribution in [0.15, 0.2) is 66.0 Å². The Morgan fingerprint density at radius 1 is 0.957 bits per heavy atom. The number of hydrogen-bond donors (Lipinski definition) is 2. The quantitative estimate of drug-likeness (QED) is 0.695. The zero-order valence-corrected chi connectivity index (χ0v) is 13.7. The average Bonchev–Trinajstić information content (AvgIpc) is 3.02. The van der Waals surface area contributed by atoms with Crippen LogP contribution >= 0.6 is 11.3 Å². The molecule has 3 rings (SSSR count). The Hall–Kier alpha value is -2.59. The van der Waals surface area contributed by atoms with Gasteiger partial charge in [-0.15, -0.1) is 11.3 Å². The molecular formula is C19H18N2OS. The van der Waals surface area contributed by atoms with Gasteiger partial charge in [0.25, 0.3) is 0 Å². The van der Waals surface area contributed by atoms with Crippen molar-refractivity contribution in [2.24, 2.45) is 0 Å². The number of anilines is 3. The van der Waals surface area contributed by atoms with Crippen LogP contribution in [0.3, 0.4) is 0 Å². The third-order valence-electron chi connectivity index (χ3n) is 3.39. The molecule has 1 heterocycles. The molecule has 4 heteroatoms. The smallest absolute Gasteiger partial charge is 0.229 e. The van der Waals surface area contributed by atoms with Gasteiger partial charge in [-0.1, -0.05) is 18.2 Å². The van der Waals surface area contributed by atoms with Crippen LogP contribution in [0.1, 0.15) is 10.4 Å². The van der Waals surface area contributed by atoms with E-state index in [1.54, 1.807) is 11.3 Å². The third-order valence-corrected chi connectivity index (χ3v) is 4.27. The van der Waals surface area contributed by atoms with E-state index in [4.69, 9.17) is 0 Å². The number of benzene rings is 2. The Bertz CT molecular complexity index is 779. The van der Waals surface area contributed by atoms with Gasteiger partial charge in [-0.3, -0.25) is 4.79 Å². The molecule has 1 aromatic heterocycles. The number of aryl methyl sites for hydroxylation is 1. The summed E-state index contributed by atoms with van der Waals surface area (Å²) in [5.41, 5.74) is 4.07. The fourth-order valence-electron chi connectivity index (χ4n) is 2.30. The highest BCUT2D eigenvalue weighted by Crippen LogP contribution is 2.20. The molecule has 116 valence electrons. The lowest BCUT2D eigenvalue weighted by Crippen LogP contribution is -2.13. The van der Waals surface area contributed by atoms with E-state index in [9.17, 15) is 4.79 Å². The summed E-state index contributed by atoms with van der Waals surface area (Å²) in [4.78, 5) is 13.0. The minimum absolute atomic E-state index is 0.00634. The van der Waals surface area contributed by atoms with Gasteiger partial charge in [-0.2, -0.15) is 0 Å². The molecule has 2 N–H and O–H groups in total. The number of carbonyl (C=O) groups is 1. The number of thiophene rings is 1. The molecule has 0 spiro atoms. The molecule has 0 unspecified atom stereocenters. The van der Waals surface area contributed by atoms with Gasteiger partial charge in [0, 0.05) is 21.9 Å². The van der Waals surface area contributed by atoms with Crippen LogP contribution in [0.25, 0.3) is 0 Å². The summed E-state index contributed by atoms with van der Waals surface area (Å²) in [7, 11) is 0. The largest absolute Gasteiger partial charge is 0.356 e. The van der Waals surface area contributed by atoms with Crippen molar-refractivity contribution in [2.45, 2.75) is 13.3 Å². The molecule has 3 nitrogen and oxygen atoms in total. The number of amides is 1. The summed E-state index contributed by atoms with van der Waals surface area (Å²) >= 11 is 1.60. The minimum atomic E-state index is 0.00634. The summed E-state index contributed by atoms with van der Waals surface area (Å²) in [6.07, 6.45) is 0.418. The first-order valence-corrected chi connectivity index (χ1v) is 8.33. The monoisotopic (exact) mass is 322 g/mol. The Morgan fingerprint density at radius 2 is 1.74 bits per heavy atom. The molecule has 0 aliphatic heterocycles. The molecule has 23 heavy (non-hydrogen) atoms. The van der Waals surface area contributed by atoms with Gasteiger partial charge in [0.2, 0.25) is 5.91 Å². The van der Waals surface area contributed by atoms with Crippen LogP contribution in [0.2, 0.25) is 0 Å². The van der Waals surface area contributed by atoms with Crippen LogP contribution in [0, 0.1) is 6.92 Å². The molecule has 0 aliphatic rings. The average molecular weight is 322 g/mol. The van der Waals surface area contributed by atoms with E-state index in [0.717, 1.165) is 21.9 Å². The van der Waals surface area contributed by atoms with Crippen molar-refractivity contribution in [3.63, 3.8) is 0 Å². The van der Waals surface area contributed by atoms with E-state index in [0.29, 0.717) is 6.42 Å². The van der Waals surface area contributed by atoms with Crippen LogP contribution in [0.5, 0.6) is 0 Å². The predicted molar refractivity (Wildman–Crippen MR) is 97.6 cm³/mol. The zero-order chi connectivity index (χ0) is 16.1. The predicted octanol–water partition coefficient (Wildman–Crippen LogP) is 4.98. The van der Waals surface area contributed by atoms with Gasteiger partial charge >= 0.3 is 0 Å². The van der Waals surface area contributed by atoms with Crippen LogP contribution < -0.4 is 10.6 Å². The molecule has 1 amide bonds. The minimum Gasteiger partial charge on any atom is -0.356 e. The molecule has 2 aromatic carbocycles. The van der Waals surface area contributed by atoms with Gasteiger partial charge < -0.3 is 10.6 Å². The first-order valence-electron chi connectivity index (χ1n) is 7.45. The highest BCUT2D eigenvalue weighted by Gasteiger charge is 2.05. The van der Waals surface area contributed by atoms with Crippen molar-refractivity contribution in [3.8, 4) is 0 Å². The van der Waals surface area contributed by atoms with Crippen LogP contribution in [-0.2, 0) is 11.2 Å². The van der Waals surface area contributed by atoms with Gasteiger partial charge in [0.1, 0.15) is 0 Å². The summed E-state index contributed by atoms with van der Waals surface area (Å²) in [5.74, 6) is 0.00634. The third kappa shape index (κ3) is 4.44. The van der Waals surface area contributed by atoms with E-state index < -0.39 is 0 Å². The van der Waals surface area contributed by atoms with Gasteiger partial charge in [-0.05, 0) is 60.3 Å². The molecule has 0 saturated heterocycles.